The summed E-state index contributed by atoms with van der Waals surface area (Å²) in [6.45, 7) is 3.48. The standard InChI is InChI=1S/C12H15BrClNO4S/c1-3-7(2)11(12(16)17)15-20(18,19)8-4-5-10(14)9(13)6-8/h4-7,11,15H,3H2,1-2H3,(H,16,17). The minimum Gasteiger partial charge on any atom is -0.480 e. The van der Waals surface area contributed by atoms with E-state index in [4.69, 9.17) is 16.7 Å². The van der Waals surface area contributed by atoms with Crippen molar-refractivity contribution in [2.75, 3.05) is 0 Å². The summed E-state index contributed by atoms with van der Waals surface area (Å²) in [5.41, 5.74) is 0. The van der Waals surface area contributed by atoms with Gasteiger partial charge in [0.1, 0.15) is 6.04 Å². The van der Waals surface area contributed by atoms with Gasteiger partial charge in [-0.05, 0) is 40.0 Å². The fraction of sp³-hybridized carbons (Fsp3) is 0.417. The van der Waals surface area contributed by atoms with Crippen LogP contribution in [0.15, 0.2) is 27.6 Å². The average molecular weight is 385 g/mol. The van der Waals surface area contributed by atoms with Crippen molar-refractivity contribution < 1.29 is 18.3 Å². The van der Waals surface area contributed by atoms with Crippen LogP contribution >= 0.6 is 27.5 Å². The minimum atomic E-state index is -3.92. The topological polar surface area (TPSA) is 83.5 Å². The number of nitrogens with one attached hydrogen (secondary N) is 1. The number of benzene rings is 1. The van der Waals surface area contributed by atoms with Crippen molar-refractivity contribution in [2.24, 2.45) is 5.92 Å². The molecular formula is C12H15BrClNO4S. The molecule has 5 nitrogen and oxygen atoms in total. The molecule has 1 aromatic carbocycles. The fourth-order valence-electron chi connectivity index (χ4n) is 1.52. The van der Waals surface area contributed by atoms with Crippen LogP contribution in [0, 0.1) is 5.92 Å². The first-order chi connectivity index (χ1) is 9.19. The van der Waals surface area contributed by atoms with E-state index in [0.717, 1.165) is 0 Å². The Hall–Kier alpha value is -0.630. The first-order valence-corrected chi connectivity index (χ1v) is 8.54. The first-order valence-electron chi connectivity index (χ1n) is 5.89. The lowest BCUT2D eigenvalue weighted by atomic mass is 10.0. The minimum absolute atomic E-state index is 0.0386. The second kappa shape index (κ2) is 6.89. The number of sulfonamides is 1. The Morgan fingerprint density at radius 2 is 2.10 bits per heavy atom. The molecule has 2 unspecified atom stereocenters. The summed E-state index contributed by atoms with van der Waals surface area (Å²) in [4.78, 5) is 11.1. The number of hydrogen-bond donors (Lipinski definition) is 2. The number of aliphatic carboxylic acids is 1. The molecule has 0 aliphatic rings. The summed E-state index contributed by atoms with van der Waals surface area (Å²) in [5, 5.41) is 9.50. The summed E-state index contributed by atoms with van der Waals surface area (Å²) in [5.74, 6) is -1.52. The molecule has 112 valence electrons. The normalized spacial score (nSPS) is 14.8. The van der Waals surface area contributed by atoms with Gasteiger partial charge >= 0.3 is 5.97 Å². The van der Waals surface area contributed by atoms with Crippen molar-refractivity contribution >= 4 is 43.5 Å². The largest absolute Gasteiger partial charge is 0.480 e. The summed E-state index contributed by atoms with van der Waals surface area (Å²) in [6.07, 6.45) is 0.545. The highest BCUT2D eigenvalue weighted by molar-refractivity contribution is 9.10. The fourth-order valence-corrected chi connectivity index (χ4v) is 3.50. The lowest BCUT2D eigenvalue weighted by molar-refractivity contribution is -0.140. The van der Waals surface area contributed by atoms with Gasteiger partial charge in [-0.25, -0.2) is 8.42 Å². The Bertz CT molecular complexity index is 605. The molecule has 0 spiro atoms. The predicted octanol–water partition coefficient (Wildman–Crippen LogP) is 2.88. The third kappa shape index (κ3) is 4.18. The zero-order valence-electron chi connectivity index (χ0n) is 10.9. The van der Waals surface area contributed by atoms with Crippen LogP contribution in [0.5, 0.6) is 0 Å². The van der Waals surface area contributed by atoms with E-state index in [1.165, 1.54) is 18.2 Å². The summed E-state index contributed by atoms with van der Waals surface area (Å²) in [6, 6.07) is 2.92. The molecule has 0 saturated heterocycles. The maximum atomic E-state index is 12.2. The molecule has 0 saturated carbocycles. The lowest BCUT2D eigenvalue weighted by Gasteiger charge is -2.20. The maximum absolute atomic E-state index is 12.2. The summed E-state index contributed by atoms with van der Waals surface area (Å²) >= 11 is 8.94. The highest BCUT2D eigenvalue weighted by Gasteiger charge is 2.29. The molecule has 2 atom stereocenters. The van der Waals surface area contributed by atoms with Gasteiger partial charge in [0.15, 0.2) is 0 Å². The van der Waals surface area contributed by atoms with E-state index in [-0.39, 0.29) is 10.8 Å². The quantitative estimate of drug-likeness (QED) is 0.790. The second-order valence-corrected chi connectivity index (χ2v) is 7.37. The molecule has 1 aromatic rings. The highest BCUT2D eigenvalue weighted by Crippen LogP contribution is 2.25. The molecule has 8 heteroatoms. The smallest absolute Gasteiger partial charge is 0.322 e. The van der Waals surface area contributed by atoms with E-state index >= 15 is 0 Å². The van der Waals surface area contributed by atoms with Crippen molar-refractivity contribution in [3.63, 3.8) is 0 Å². The number of carboxylic acids is 1. The van der Waals surface area contributed by atoms with Crippen molar-refractivity contribution in [2.45, 2.75) is 31.2 Å². The van der Waals surface area contributed by atoms with Crippen molar-refractivity contribution in [1.29, 1.82) is 0 Å². The van der Waals surface area contributed by atoms with Gasteiger partial charge in [0.2, 0.25) is 10.0 Å². The molecule has 0 aliphatic carbocycles. The average Bonchev–Trinajstić information content (AvgIpc) is 2.38. The van der Waals surface area contributed by atoms with E-state index in [2.05, 4.69) is 20.7 Å². The Morgan fingerprint density at radius 3 is 2.55 bits per heavy atom. The van der Waals surface area contributed by atoms with Crippen LogP contribution in [0.4, 0.5) is 0 Å². The first kappa shape index (κ1) is 17.4. The predicted molar refractivity (Wildman–Crippen MR) is 80.4 cm³/mol. The van der Waals surface area contributed by atoms with Crippen LogP contribution in [-0.2, 0) is 14.8 Å². The number of hydrogen-bond acceptors (Lipinski definition) is 3. The Kier molecular flexibility index (Phi) is 6.00. The molecule has 0 amide bonds. The van der Waals surface area contributed by atoms with Gasteiger partial charge in [-0.1, -0.05) is 31.9 Å². The van der Waals surface area contributed by atoms with Gasteiger partial charge in [0.25, 0.3) is 0 Å². The highest BCUT2D eigenvalue weighted by atomic mass is 79.9. The molecule has 0 bridgehead atoms. The Balaban J connectivity index is 3.09. The number of carboxylic acid groups (broad SMARTS) is 1. The molecular weight excluding hydrogens is 370 g/mol. The zero-order valence-corrected chi connectivity index (χ0v) is 14.1. The van der Waals surface area contributed by atoms with Gasteiger partial charge in [-0.3, -0.25) is 4.79 Å². The van der Waals surface area contributed by atoms with Crippen LogP contribution in [0.1, 0.15) is 20.3 Å². The summed E-state index contributed by atoms with van der Waals surface area (Å²) in [7, 11) is -3.92. The van der Waals surface area contributed by atoms with E-state index in [0.29, 0.717) is 15.9 Å². The number of carbonyl (C=O) groups is 1. The Labute approximate surface area is 131 Å². The molecule has 0 aromatic heterocycles. The van der Waals surface area contributed by atoms with Crippen molar-refractivity contribution in [1.82, 2.24) is 4.72 Å². The van der Waals surface area contributed by atoms with Crippen LogP contribution in [0.2, 0.25) is 5.02 Å². The van der Waals surface area contributed by atoms with Crippen molar-refractivity contribution in [3.8, 4) is 0 Å². The number of halogens is 2. The maximum Gasteiger partial charge on any atom is 0.322 e. The molecule has 2 N–H and O–H groups in total. The van der Waals surface area contributed by atoms with Crippen LogP contribution < -0.4 is 4.72 Å². The Morgan fingerprint density at radius 1 is 1.50 bits per heavy atom. The number of rotatable bonds is 6. The van der Waals surface area contributed by atoms with Crippen LogP contribution in [0.25, 0.3) is 0 Å². The van der Waals surface area contributed by atoms with E-state index < -0.39 is 22.0 Å². The molecule has 0 aliphatic heterocycles. The monoisotopic (exact) mass is 383 g/mol. The van der Waals surface area contributed by atoms with Gasteiger partial charge in [-0.15, -0.1) is 0 Å². The van der Waals surface area contributed by atoms with E-state index in [9.17, 15) is 13.2 Å². The van der Waals surface area contributed by atoms with Crippen LogP contribution in [-0.4, -0.2) is 25.5 Å². The van der Waals surface area contributed by atoms with Gasteiger partial charge in [-0.2, -0.15) is 4.72 Å². The van der Waals surface area contributed by atoms with Crippen LogP contribution in [0.3, 0.4) is 0 Å². The van der Waals surface area contributed by atoms with E-state index in [1.807, 2.05) is 0 Å². The zero-order chi connectivity index (χ0) is 15.5. The van der Waals surface area contributed by atoms with Gasteiger partial charge < -0.3 is 5.11 Å². The SMILES string of the molecule is CCC(C)C(NS(=O)(=O)c1ccc(Cl)c(Br)c1)C(=O)O. The molecule has 1 rings (SSSR count). The third-order valence-electron chi connectivity index (χ3n) is 2.96. The van der Waals surface area contributed by atoms with E-state index in [1.54, 1.807) is 13.8 Å². The van der Waals surface area contributed by atoms with Crippen molar-refractivity contribution in [3.05, 3.63) is 27.7 Å². The van der Waals surface area contributed by atoms with Gasteiger partial charge in [0, 0.05) is 4.47 Å². The molecule has 0 heterocycles. The van der Waals surface area contributed by atoms with Gasteiger partial charge in [0.05, 0.1) is 9.92 Å². The molecule has 20 heavy (non-hydrogen) atoms. The third-order valence-corrected chi connectivity index (χ3v) is 5.62. The summed E-state index contributed by atoms with van der Waals surface area (Å²) < 4.78 is 27.0. The molecule has 0 fully saturated rings. The second-order valence-electron chi connectivity index (χ2n) is 4.40. The molecule has 0 radical (unpaired) electrons. The lowest BCUT2D eigenvalue weighted by Crippen LogP contribution is -2.44.